The summed E-state index contributed by atoms with van der Waals surface area (Å²) >= 11 is 5.64. The Morgan fingerprint density at radius 3 is 2.62 bits per heavy atom. The summed E-state index contributed by atoms with van der Waals surface area (Å²) in [6.07, 6.45) is 3.55. The van der Waals surface area contributed by atoms with E-state index in [2.05, 4.69) is 9.97 Å². The summed E-state index contributed by atoms with van der Waals surface area (Å²) in [5.41, 5.74) is 3.59. The second-order valence-electron chi connectivity index (χ2n) is 5.40. The van der Waals surface area contributed by atoms with Gasteiger partial charge in [0.1, 0.15) is 0 Å². The topological polar surface area (TPSA) is 43.6 Å². The fourth-order valence-electron chi connectivity index (χ4n) is 2.66. The molecule has 6 heteroatoms. The van der Waals surface area contributed by atoms with Crippen molar-refractivity contribution in [3.63, 3.8) is 0 Å². The van der Waals surface area contributed by atoms with Crippen molar-refractivity contribution in [1.29, 1.82) is 0 Å². The van der Waals surface area contributed by atoms with Gasteiger partial charge in [-0.1, -0.05) is 0 Å². The first-order valence-corrected chi connectivity index (χ1v) is 8.05. The summed E-state index contributed by atoms with van der Waals surface area (Å²) in [5.74, 6) is 2.00. The van der Waals surface area contributed by atoms with Crippen LogP contribution in [0.4, 0.5) is 0 Å². The van der Waals surface area contributed by atoms with E-state index in [0.717, 1.165) is 27.7 Å². The number of rotatable bonds is 3. The molecule has 0 aliphatic carbocycles. The predicted octanol–water partition coefficient (Wildman–Crippen LogP) is 3.61. The molecule has 0 spiro atoms. The number of aromatic nitrogens is 4. The fourth-order valence-corrected chi connectivity index (χ4v) is 2.93. The molecule has 0 N–H and O–H groups in total. The minimum absolute atomic E-state index is 0.532. The van der Waals surface area contributed by atoms with Crippen LogP contribution in [0.15, 0.2) is 66.9 Å². The molecule has 4 rings (SSSR count). The molecule has 0 saturated carbocycles. The molecule has 4 aromatic heterocycles. The van der Waals surface area contributed by atoms with Crippen molar-refractivity contribution in [3.8, 4) is 11.2 Å². The number of pyridine rings is 2. The zero-order chi connectivity index (χ0) is 16.4. The van der Waals surface area contributed by atoms with E-state index >= 15 is 0 Å². The van der Waals surface area contributed by atoms with E-state index in [0.29, 0.717) is 11.2 Å². The molecule has 4 nitrogen and oxygen atoms in total. The normalized spacial score (nSPS) is 10.7. The quantitative estimate of drug-likeness (QED) is 0.539. The monoisotopic (exact) mass is 328 g/mol. The summed E-state index contributed by atoms with van der Waals surface area (Å²) in [5, 5.41) is 5.70. The molecule has 0 atom stereocenters. The van der Waals surface area contributed by atoms with Gasteiger partial charge in [-0.25, -0.2) is 0 Å². The van der Waals surface area contributed by atoms with E-state index in [4.69, 9.17) is 17.3 Å². The van der Waals surface area contributed by atoms with Gasteiger partial charge in [0, 0.05) is 0 Å². The van der Waals surface area contributed by atoms with Crippen LogP contribution in [0.25, 0.3) is 22.1 Å². The fraction of sp³-hybridized carbons (Fsp3) is 0.0556. The molecule has 0 saturated heterocycles. The molecule has 4 heterocycles. The van der Waals surface area contributed by atoms with Crippen molar-refractivity contribution < 1.29 is 0 Å². The third kappa shape index (κ3) is 2.76. The molecule has 0 unspecified atom stereocenters. The Kier molecular flexibility index (Phi) is 3.97. The summed E-state index contributed by atoms with van der Waals surface area (Å²) < 4.78 is 2.49. The van der Waals surface area contributed by atoms with Crippen LogP contribution in [0.1, 0.15) is 5.69 Å². The first-order chi connectivity index (χ1) is 11.8. The minimum atomic E-state index is 0.532. The summed E-state index contributed by atoms with van der Waals surface area (Å²) in [4.78, 5) is 8.88. The van der Waals surface area contributed by atoms with Gasteiger partial charge in [-0.3, -0.25) is 0 Å². The van der Waals surface area contributed by atoms with Crippen molar-refractivity contribution in [2.24, 2.45) is 0 Å². The van der Waals surface area contributed by atoms with Crippen molar-refractivity contribution >= 4 is 30.0 Å². The summed E-state index contributed by atoms with van der Waals surface area (Å²) in [6, 6.07) is 15.7. The van der Waals surface area contributed by atoms with E-state index in [9.17, 15) is 0 Å². The molecule has 24 heavy (non-hydrogen) atoms. The third-order valence-electron chi connectivity index (χ3n) is 3.80. The Morgan fingerprint density at radius 1 is 0.958 bits per heavy atom. The number of hydrogen-bond acceptors (Lipinski definition) is 4. The number of hydrogen-bond donors (Lipinski definition) is 0. The van der Waals surface area contributed by atoms with Crippen LogP contribution in [0.2, 0.25) is 0 Å². The average Bonchev–Trinajstić information content (AvgIpc) is 2.66. The molecule has 4 aromatic rings. The summed E-state index contributed by atoms with van der Waals surface area (Å²) in [7, 11) is 0. The second kappa shape index (κ2) is 6.41. The molecule has 0 amide bonds. The summed E-state index contributed by atoms with van der Waals surface area (Å²) in [6.45, 7) is 2.56. The molecule has 0 aliphatic heterocycles. The SMILES string of the molecule is S=c1c2cccnc2c(-c2bcccc2)nn1Cc1ccccn1. The zero-order valence-electron chi connectivity index (χ0n) is 12.8. The van der Waals surface area contributed by atoms with Gasteiger partial charge in [0.2, 0.25) is 0 Å². The number of nitrogens with zero attached hydrogens (tertiary/aromatic N) is 4. The molecular formula is C18H13BN4S. The molecule has 0 fully saturated rings. The second-order valence-corrected chi connectivity index (χ2v) is 5.78. The first kappa shape index (κ1) is 14.8. The van der Waals surface area contributed by atoms with Crippen molar-refractivity contribution in [2.75, 3.05) is 0 Å². The standard InChI is InChI=1S/C18H13BN4S/c24-18-14-7-5-11-21-16(14)17(15-8-1-3-9-19-15)22-23(18)12-13-6-2-4-10-20-13/h1-11H,12H2. The Hall–Kier alpha value is -2.73. The van der Waals surface area contributed by atoms with Gasteiger partial charge in [-0.2, -0.15) is 0 Å². The van der Waals surface area contributed by atoms with Gasteiger partial charge >= 0.3 is 145 Å². The first-order valence-electron chi connectivity index (χ1n) is 7.64. The van der Waals surface area contributed by atoms with Crippen LogP contribution >= 0.6 is 12.2 Å². The van der Waals surface area contributed by atoms with Gasteiger partial charge in [0.15, 0.2) is 0 Å². The van der Waals surface area contributed by atoms with Crippen LogP contribution < -0.4 is 0 Å². The van der Waals surface area contributed by atoms with Crippen molar-refractivity contribution in [3.05, 3.63) is 77.2 Å². The van der Waals surface area contributed by atoms with Crippen molar-refractivity contribution in [1.82, 2.24) is 19.7 Å². The van der Waals surface area contributed by atoms with E-state index in [-0.39, 0.29) is 0 Å². The van der Waals surface area contributed by atoms with Gasteiger partial charge in [0.25, 0.3) is 0 Å². The molecule has 0 aromatic carbocycles. The van der Waals surface area contributed by atoms with Gasteiger partial charge in [-0.05, 0) is 0 Å². The zero-order valence-corrected chi connectivity index (χ0v) is 13.6. The van der Waals surface area contributed by atoms with Gasteiger partial charge < -0.3 is 0 Å². The molecule has 0 bridgehead atoms. The number of fused-ring (bicyclic) bond motifs is 1. The van der Waals surface area contributed by atoms with Crippen LogP contribution in [-0.4, -0.2) is 26.7 Å². The molecule has 0 aliphatic rings. The Labute approximate surface area is 145 Å². The van der Waals surface area contributed by atoms with Gasteiger partial charge in [-0.15, -0.1) is 0 Å². The Balaban J connectivity index is 1.95. The van der Waals surface area contributed by atoms with Crippen molar-refractivity contribution in [2.45, 2.75) is 6.54 Å². The Morgan fingerprint density at radius 2 is 1.83 bits per heavy atom. The predicted molar refractivity (Wildman–Crippen MR) is 98.5 cm³/mol. The van der Waals surface area contributed by atoms with Gasteiger partial charge in [0.05, 0.1) is 0 Å². The molecular weight excluding hydrogens is 315 g/mol. The maximum atomic E-state index is 5.64. The van der Waals surface area contributed by atoms with E-state index < -0.39 is 0 Å². The van der Waals surface area contributed by atoms with E-state index in [1.807, 2.05) is 66.1 Å². The van der Waals surface area contributed by atoms with E-state index in [1.165, 1.54) is 0 Å². The van der Waals surface area contributed by atoms with Crippen LogP contribution in [-0.2, 0) is 6.54 Å². The maximum absolute atomic E-state index is 5.64. The third-order valence-corrected chi connectivity index (χ3v) is 4.23. The molecule has 0 radical (unpaired) electrons. The van der Waals surface area contributed by atoms with Crippen LogP contribution in [0, 0.1) is 4.64 Å². The Bertz CT molecular complexity index is 1050. The van der Waals surface area contributed by atoms with E-state index in [1.54, 1.807) is 12.4 Å². The molecule has 114 valence electrons. The average molecular weight is 328 g/mol. The van der Waals surface area contributed by atoms with Crippen LogP contribution in [0.5, 0.6) is 0 Å². The van der Waals surface area contributed by atoms with Crippen LogP contribution in [0.3, 0.4) is 0 Å².